The molecular weight excluding hydrogens is 246 g/mol. The van der Waals surface area contributed by atoms with Crippen molar-refractivity contribution < 1.29 is 4.42 Å². The fourth-order valence-corrected chi connectivity index (χ4v) is 2.07. The molecule has 0 aliphatic rings. The highest BCUT2D eigenvalue weighted by Gasteiger charge is 2.04. The topological polar surface area (TPSA) is 26.0 Å². The summed E-state index contributed by atoms with van der Waals surface area (Å²) in [5.74, 6) is 2.41. The Morgan fingerprint density at radius 3 is 2.89 bits per heavy atom. The van der Waals surface area contributed by atoms with Gasteiger partial charge >= 0.3 is 0 Å². The van der Waals surface area contributed by atoms with E-state index in [-0.39, 0.29) is 0 Å². The SMILES string of the molecule is Cc1cccc(CCc2cnc(CCCCl)o2)c1. The third kappa shape index (κ3) is 3.88. The molecule has 0 fully saturated rings. The Morgan fingerprint density at radius 2 is 2.11 bits per heavy atom. The molecular formula is C15H18ClNO. The smallest absolute Gasteiger partial charge is 0.194 e. The maximum Gasteiger partial charge on any atom is 0.194 e. The molecule has 1 aromatic heterocycles. The van der Waals surface area contributed by atoms with Gasteiger partial charge in [-0.3, -0.25) is 0 Å². The summed E-state index contributed by atoms with van der Waals surface area (Å²) in [6.45, 7) is 2.11. The van der Waals surface area contributed by atoms with Crippen molar-refractivity contribution in [1.29, 1.82) is 0 Å². The Hall–Kier alpha value is -1.28. The fraction of sp³-hybridized carbons (Fsp3) is 0.400. The van der Waals surface area contributed by atoms with Crippen LogP contribution in [0.5, 0.6) is 0 Å². The van der Waals surface area contributed by atoms with Gasteiger partial charge < -0.3 is 4.42 Å². The van der Waals surface area contributed by atoms with Crippen LogP contribution in [0, 0.1) is 6.92 Å². The second-order valence-corrected chi connectivity index (χ2v) is 4.88. The molecule has 0 atom stereocenters. The number of benzene rings is 1. The number of aryl methyl sites for hydroxylation is 4. The van der Waals surface area contributed by atoms with Gasteiger partial charge in [-0.15, -0.1) is 11.6 Å². The Balaban J connectivity index is 1.88. The largest absolute Gasteiger partial charge is 0.446 e. The number of nitrogens with zero attached hydrogens (tertiary/aromatic N) is 1. The van der Waals surface area contributed by atoms with Crippen LogP contribution < -0.4 is 0 Å². The first-order valence-corrected chi connectivity index (χ1v) is 6.86. The van der Waals surface area contributed by atoms with Crippen LogP contribution in [0.2, 0.25) is 0 Å². The highest BCUT2D eigenvalue weighted by Crippen LogP contribution is 2.11. The van der Waals surface area contributed by atoms with Gasteiger partial charge in [0.25, 0.3) is 0 Å². The van der Waals surface area contributed by atoms with Crippen LogP contribution in [-0.4, -0.2) is 10.9 Å². The van der Waals surface area contributed by atoms with Gasteiger partial charge in [-0.1, -0.05) is 29.8 Å². The van der Waals surface area contributed by atoms with E-state index in [0.29, 0.717) is 5.88 Å². The Morgan fingerprint density at radius 1 is 1.22 bits per heavy atom. The van der Waals surface area contributed by atoms with Gasteiger partial charge in [0, 0.05) is 18.7 Å². The molecule has 0 saturated carbocycles. The second kappa shape index (κ2) is 6.60. The van der Waals surface area contributed by atoms with E-state index in [1.165, 1.54) is 11.1 Å². The third-order valence-electron chi connectivity index (χ3n) is 2.87. The van der Waals surface area contributed by atoms with E-state index >= 15 is 0 Å². The highest BCUT2D eigenvalue weighted by molar-refractivity contribution is 6.17. The molecule has 3 heteroatoms. The quantitative estimate of drug-likeness (QED) is 0.738. The lowest BCUT2D eigenvalue weighted by atomic mass is 10.1. The van der Waals surface area contributed by atoms with E-state index < -0.39 is 0 Å². The molecule has 0 saturated heterocycles. The minimum Gasteiger partial charge on any atom is -0.446 e. The van der Waals surface area contributed by atoms with E-state index in [9.17, 15) is 0 Å². The monoisotopic (exact) mass is 263 g/mol. The number of hydrogen-bond donors (Lipinski definition) is 0. The molecule has 0 amide bonds. The van der Waals surface area contributed by atoms with Crippen LogP contribution in [0.15, 0.2) is 34.9 Å². The number of oxazole rings is 1. The van der Waals surface area contributed by atoms with Gasteiger partial charge in [0.1, 0.15) is 5.76 Å². The predicted molar refractivity (Wildman–Crippen MR) is 74.1 cm³/mol. The van der Waals surface area contributed by atoms with Crippen LogP contribution >= 0.6 is 11.6 Å². The van der Waals surface area contributed by atoms with Gasteiger partial charge in [0.05, 0.1) is 6.20 Å². The molecule has 0 aliphatic carbocycles. The number of rotatable bonds is 6. The van der Waals surface area contributed by atoms with Crippen molar-refractivity contribution >= 4 is 11.6 Å². The predicted octanol–water partition coefficient (Wildman–Crippen LogP) is 3.94. The molecule has 2 rings (SSSR count). The summed E-state index contributed by atoms with van der Waals surface area (Å²) in [6.07, 6.45) is 5.47. The number of aromatic nitrogens is 1. The molecule has 0 radical (unpaired) electrons. The van der Waals surface area contributed by atoms with Crippen LogP contribution in [0.1, 0.15) is 29.2 Å². The van der Waals surface area contributed by atoms with Gasteiger partial charge in [0.15, 0.2) is 5.89 Å². The highest BCUT2D eigenvalue weighted by atomic mass is 35.5. The number of alkyl halides is 1. The third-order valence-corrected chi connectivity index (χ3v) is 3.14. The summed E-state index contributed by atoms with van der Waals surface area (Å²) in [7, 11) is 0. The molecule has 2 nitrogen and oxygen atoms in total. The lowest BCUT2D eigenvalue weighted by molar-refractivity contribution is 0.452. The lowest BCUT2D eigenvalue weighted by Crippen LogP contribution is -1.90. The van der Waals surface area contributed by atoms with Gasteiger partial charge in [-0.25, -0.2) is 4.98 Å². The summed E-state index contributed by atoms with van der Waals surface area (Å²) < 4.78 is 5.67. The molecule has 0 N–H and O–H groups in total. The van der Waals surface area contributed by atoms with Crippen LogP contribution in [-0.2, 0) is 19.3 Å². The second-order valence-electron chi connectivity index (χ2n) is 4.50. The fourth-order valence-electron chi connectivity index (χ4n) is 1.93. The first-order chi connectivity index (χ1) is 8.78. The molecule has 96 valence electrons. The molecule has 0 bridgehead atoms. The van der Waals surface area contributed by atoms with Crippen molar-refractivity contribution in [2.24, 2.45) is 0 Å². The number of halogens is 1. The normalized spacial score (nSPS) is 10.8. The zero-order valence-corrected chi connectivity index (χ0v) is 11.4. The average molecular weight is 264 g/mol. The van der Waals surface area contributed by atoms with Crippen molar-refractivity contribution in [3.05, 3.63) is 53.2 Å². The maximum absolute atomic E-state index is 5.67. The molecule has 0 spiro atoms. The van der Waals surface area contributed by atoms with Crippen LogP contribution in [0.25, 0.3) is 0 Å². The van der Waals surface area contributed by atoms with E-state index in [2.05, 4.69) is 36.2 Å². The summed E-state index contributed by atoms with van der Waals surface area (Å²) in [4.78, 5) is 4.26. The molecule has 1 aromatic carbocycles. The van der Waals surface area contributed by atoms with Crippen molar-refractivity contribution in [3.63, 3.8) is 0 Å². The first kappa shape index (κ1) is 13.2. The van der Waals surface area contributed by atoms with E-state index in [1.807, 2.05) is 6.20 Å². The van der Waals surface area contributed by atoms with Crippen LogP contribution in [0.3, 0.4) is 0 Å². The standard InChI is InChI=1S/C15H18ClNO/c1-12-4-2-5-13(10-12)7-8-14-11-17-15(18-14)6-3-9-16/h2,4-5,10-11H,3,6-9H2,1H3. The average Bonchev–Trinajstić information content (AvgIpc) is 2.82. The molecule has 2 aromatic rings. The van der Waals surface area contributed by atoms with Crippen molar-refractivity contribution in [2.75, 3.05) is 5.88 Å². The lowest BCUT2D eigenvalue weighted by Gasteiger charge is -2.00. The molecule has 1 heterocycles. The maximum atomic E-state index is 5.67. The van der Waals surface area contributed by atoms with Crippen molar-refractivity contribution in [1.82, 2.24) is 4.98 Å². The summed E-state index contributed by atoms with van der Waals surface area (Å²) in [5, 5.41) is 0. The Bertz CT molecular complexity index is 493. The molecule has 0 aliphatic heterocycles. The Kier molecular flexibility index (Phi) is 4.82. The minimum absolute atomic E-state index is 0.654. The first-order valence-electron chi connectivity index (χ1n) is 6.33. The van der Waals surface area contributed by atoms with Crippen molar-refractivity contribution in [3.8, 4) is 0 Å². The summed E-state index contributed by atoms with van der Waals surface area (Å²) >= 11 is 5.64. The van der Waals surface area contributed by atoms with Crippen LogP contribution in [0.4, 0.5) is 0 Å². The van der Waals surface area contributed by atoms with Gasteiger partial charge in [-0.05, 0) is 25.3 Å². The molecule has 18 heavy (non-hydrogen) atoms. The minimum atomic E-state index is 0.654. The van der Waals surface area contributed by atoms with E-state index in [0.717, 1.165) is 37.3 Å². The summed E-state index contributed by atoms with van der Waals surface area (Å²) in [6, 6.07) is 8.57. The van der Waals surface area contributed by atoms with Crippen molar-refractivity contribution in [2.45, 2.75) is 32.6 Å². The van der Waals surface area contributed by atoms with E-state index in [1.54, 1.807) is 0 Å². The summed E-state index contributed by atoms with van der Waals surface area (Å²) in [5.41, 5.74) is 2.64. The molecule has 0 unspecified atom stereocenters. The van der Waals surface area contributed by atoms with Gasteiger partial charge in [-0.2, -0.15) is 0 Å². The van der Waals surface area contributed by atoms with Gasteiger partial charge in [0.2, 0.25) is 0 Å². The van der Waals surface area contributed by atoms with E-state index in [4.69, 9.17) is 16.0 Å². The zero-order valence-electron chi connectivity index (χ0n) is 10.7. The number of hydrogen-bond acceptors (Lipinski definition) is 2. The zero-order chi connectivity index (χ0) is 12.8. The Labute approximate surface area is 113 Å².